The van der Waals surface area contributed by atoms with Gasteiger partial charge in [0.15, 0.2) is 14.9 Å². The van der Waals surface area contributed by atoms with Crippen molar-refractivity contribution < 1.29 is 8.42 Å². The highest BCUT2D eigenvalue weighted by Crippen LogP contribution is 2.31. The number of aromatic nitrogens is 3. The Labute approximate surface area is 178 Å². The Hall–Kier alpha value is -2.67. The molecule has 1 aromatic carbocycles. The average molecular weight is 425 g/mol. The third-order valence-electron chi connectivity index (χ3n) is 5.66. The number of pyridine rings is 1. The first-order valence-electron chi connectivity index (χ1n) is 10.3. The summed E-state index contributed by atoms with van der Waals surface area (Å²) < 4.78 is 24.4. The average Bonchev–Trinajstić information content (AvgIpc) is 3.24. The van der Waals surface area contributed by atoms with E-state index >= 15 is 0 Å². The minimum atomic E-state index is -3.45. The number of aromatic amines is 1. The number of piperidine rings is 1. The fourth-order valence-corrected chi connectivity index (χ4v) is 4.84. The Kier molecular flexibility index (Phi) is 5.40. The van der Waals surface area contributed by atoms with Gasteiger partial charge in [0.05, 0.1) is 28.5 Å². The van der Waals surface area contributed by atoms with Gasteiger partial charge in [0, 0.05) is 19.0 Å². The van der Waals surface area contributed by atoms with Gasteiger partial charge >= 0.3 is 0 Å². The van der Waals surface area contributed by atoms with Gasteiger partial charge in [-0.1, -0.05) is 30.3 Å². The van der Waals surface area contributed by atoms with Crippen LogP contribution < -0.4 is 4.90 Å². The summed E-state index contributed by atoms with van der Waals surface area (Å²) in [6, 6.07) is 13.7. The van der Waals surface area contributed by atoms with Crippen molar-refractivity contribution in [1.82, 2.24) is 15.0 Å². The molecule has 6 nitrogen and oxygen atoms in total. The fourth-order valence-electron chi connectivity index (χ4n) is 3.78. The van der Waals surface area contributed by atoms with Crippen molar-refractivity contribution in [2.24, 2.45) is 0 Å². The Morgan fingerprint density at radius 1 is 1.03 bits per heavy atom. The van der Waals surface area contributed by atoms with E-state index in [1.165, 1.54) is 0 Å². The number of sulfone groups is 1. The first-order chi connectivity index (χ1) is 14.3. The summed E-state index contributed by atoms with van der Waals surface area (Å²) in [5.74, 6) is 1.30. The molecule has 0 saturated carbocycles. The SMILES string of the molecule is CC(C)(C)S(=O)(=O)c1ccc(N2CCCC(c3ncc(-c4ccccc4)[nH]3)C2)cn1. The summed E-state index contributed by atoms with van der Waals surface area (Å²) in [5.41, 5.74) is 3.10. The second-order valence-electron chi connectivity index (χ2n) is 8.80. The predicted molar refractivity (Wildman–Crippen MR) is 119 cm³/mol. The molecule has 158 valence electrons. The molecule has 0 amide bonds. The standard InChI is InChI=1S/C23H28N4O2S/c1-23(2,3)30(28,29)21-12-11-19(14-24-21)27-13-7-10-18(16-27)22-25-15-20(26-22)17-8-5-4-6-9-17/h4-6,8-9,11-12,14-15,18H,7,10,13,16H2,1-3H3,(H,25,26). The van der Waals surface area contributed by atoms with E-state index in [2.05, 4.69) is 32.0 Å². The molecule has 1 unspecified atom stereocenters. The minimum absolute atomic E-state index is 0.130. The Morgan fingerprint density at radius 2 is 1.80 bits per heavy atom. The third kappa shape index (κ3) is 3.99. The highest BCUT2D eigenvalue weighted by Gasteiger charge is 2.32. The number of anilines is 1. The van der Waals surface area contributed by atoms with Gasteiger partial charge in [-0.15, -0.1) is 0 Å². The summed E-state index contributed by atoms with van der Waals surface area (Å²) in [5, 5.41) is 0.130. The van der Waals surface area contributed by atoms with Crippen molar-refractivity contribution >= 4 is 15.5 Å². The largest absolute Gasteiger partial charge is 0.370 e. The number of hydrogen-bond donors (Lipinski definition) is 1. The molecule has 0 bridgehead atoms. The maximum absolute atomic E-state index is 12.6. The second-order valence-corrected chi connectivity index (χ2v) is 11.5. The quantitative estimate of drug-likeness (QED) is 0.670. The molecule has 0 spiro atoms. The van der Waals surface area contributed by atoms with Crippen LogP contribution in [-0.4, -0.2) is 41.2 Å². The van der Waals surface area contributed by atoms with E-state index in [9.17, 15) is 8.42 Å². The van der Waals surface area contributed by atoms with E-state index in [0.29, 0.717) is 5.92 Å². The van der Waals surface area contributed by atoms with Gasteiger partial charge in [0.2, 0.25) is 0 Å². The lowest BCUT2D eigenvalue weighted by molar-refractivity contribution is 0.494. The molecule has 1 N–H and O–H groups in total. The van der Waals surface area contributed by atoms with Gasteiger partial charge in [-0.05, 0) is 51.3 Å². The molecule has 1 atom stereocenters. The molecular formula is C23H28N4O2S. The Bertz CT molecular complexity index is 1100. The number of nitrogens with one attached hydrogen (secondary N) is 1. The summed E-state index contributed by atoms with van der Waals surface area (Å²) in [6.07, 6.45) is 5.70. The molecule has 1 aliphatic heterocycles. The number of benzene rings is 1. The molecule has 4 rings (SSSR count). The van der Waals surface area contributed by atoms with Crippen LogP contribution >= 0.6 is 0 Å². The lowest BCUT2D eigenvalue weighted by atomic mass is 9.97. The van der Waals surface area contributed by atoms with Crippen LogP contribution in [0, 0.1) is 0 Å². The minimum Gasteiger partial charge on any atom is -0.370 e. The molecule has 3 heterocycles. The molecule has 30 heavy (non-hydrogen) atoms. The van der Waals surface area contributed by atoms with E-state index in [1.54, 1.807) is 33.0 Å². The zero-order valence-electron chi connectivity index (χ0n) is 17.7. The van der Waals surface area contributed by atoms with Gasteiger partial charge in [0.25, 0.3) is 0 Å². The van der Waals surface area contributed by atoms with Crippen LogP contribution in [0.25, 0.3) is 11.3 Å². The van der Waals surface area contributed by atoms with E-state index in [-0.39, 0.29) is 5.03 Å². The predicted octanol–water partition coefficient (Wildman–Crippen LogP) is 4.43. The number of H-pyrrole nitrogens is 1. The van der Waals surface area contributed by atoms with Crippen molar-refractivity contribution in [2.75, 3.05) is 18.0 Å². The zero-order valence-corrected chi connectivity index (χ0v) is 18.5. The van der Waals surface area contributed by atoms with Crippen LogP contribution in [0.4, 0.5) is 5.69 Å². The molecule has 1 fully saturated rings. The van der Waals surface area contributed by atoms with E-state index in [4.69, 9.17) is 0 Å². The first kappa shape index (κ1) is 20.6. The van der Waals surface area contributed by atoms with Gasteiger partial charge in [-0.25, -0.2) is 18.4 Å². The molecule has 0 radical (unpaired) electrons. The third-order valence-corrected chi connectivity index (χ3v) is 8.06. The highest BCUT2D eigenvalue weighted by molar-refractivity contribution is 7.92. The van der Waals surface area contributed by atoms with E-state index in [0.717, 1.165) is 48.7 Å². The van der Waals surface area contributed by atoms with Crippen LogP contribution in [0.3, 0.4) is 0 Å². The number of rotatable bonds is 4. The molecule has 3 aromatic rings. The number of imidazole rings is 1. The lowest BCUT2D eigenvalue weighted by Gasteiger charge is -2.33. The summed E-state index contributed by atoms with van der Waals surface area (Å²) in [6.45, 7) is 6.84. The summed E-state index contributed by atoms with van der Waals surface area (Å²) >= 11 is 0. The topological polar surface area (TPSA) is 79.0 Å². The second kappa shape index (κ2) is 7.87. The van der Waals surface area contributed by atoms with Crippen LogP contribution in [0.15, 0.2) is 59.9 Å². The van der Waals surface area contributed by atoms with Crippen LogP contribution in [0.1, 0.15) is 45.4 Å². The van der Waals surface area contributed by atoms with Crippen molar-refractivity contribution in [1.29, 1.82) is 0 Å². The molecule has 1 aliphatic rings. The van der Waals surface area contributed by atoms with Crippen molar-refractivity contribution in [3.63, 3.8) is 0 Å². The molecule has 2 aromatic heterocycles. The number of hydrogen-bond acceptors (Lipinski definition) is 5. The number of nitrogens with zero attached hydrogens (tertiary/aromatic N) is 3. The maximum atomic E-state index is 12.6. The fraction of sp³-hybridized carbons (Fsp3) is 0.391. The van der Waals surface area contributed by atoms with E-state index < -0.39 is 14.6 Å². The summed E-state index contributed by atoms with van der Waals surface area (Å²) in [4.78, 5) is 14.7. The Balaban J connectivity index is 1.50. The van der Waals surface area contributed by atoms with Gasteiger partial charge in [0.1, 0.15) is 5.82 Å². The van der Waals surface area contributed by atoms with E-state index in [1.807, 2.05) is 30.5 Å². The maximum Gasteiger partial charge on any atom is 0.200 e. The van der Waals surface area contributed by atoms with Crippen LogP contribution in [0.5, 0.6) is 0 Å². The van der Waals surface area contributed by atoms with Crippen molar-refractivity contribution in [3.05, 3.63) is 60.7 Å². The first-order valence-corrected chi connectivity index (χ1v) is 11.8. The highest BCUT2D eigenvalue weighted by atomic mass is 32.2. The molecule has 0 aliphatic carbocycles. The summed E-state index contributed by atoms with van der Waals surface area (Å²) in [7, 11) is -3.45. The van der Waals surface area contributed by atoms with Crippen molar-refractivity contribution in [2.45, 2.75) is 49.3 Å². The van der Waals surface area contributed by atoms with Crippen molar-refractivity contribution in [3.8, 4) is 11.3 Å². The van der Waals surface area contributed by atoms with Crippen LogP contribution in [-0.2, 0) is 9.84 Å². The normalized spacial score (nSPS) is 17.8. The lowest BCUT2D eigenvalue weighted by Crippen LogP contribution is -2.35. The zero-order chi connectivity index (χ0) is 21.4. The monoisotopic (exact) mass is 424 g/mol. The van der Waals surface area contributed by atoms with Gasteiger partial charge < -0.3 is 9.88 Å². The van der Waals surface area contributed by atoms with Gasteiger partial charge in [-0.3, -0.25) is 0 Å². The Morgan fingerprint density at radius 3 is 2.47 bits per heavy atom. The molecule has 1 saturated heterocycles. The van der Waals surface area contributed by atoms with Gasteiger partial charge in [-0.2, -0.15) is 0 Å². The van der Waals surface area contributed by atoms with Crippen LogP contribution in [0.2, 0.25) is 0 Å². The molecular weight excluding hydrogens is 396 g/mol. The smallest absolute Gasteiger partial charge is 0.200 e. The molecule has 7 heteroatoms.